The molecule has 0 aliphatic heterocycles. The Morgan fingerprint density at radius 1 is 1.29 bits per heavy atom. The van der Waals surface area contributed by atoms with Crippen molar-refractivity contribution in [3.05, 3.63) is 47.3 Å². The first kappa shape index (κ1) is 15.6. The van der Waals surface area contributed by atoms with E-state index in [0.717, 1.165) is 18.8 Å². The van der Waals surface area contributed by atoms with Crippen LogP contribution in [0.2, 0.25) is 0 Å². The Kier molecular flexibility index (Phi) is 4.68. The molecule has 114 valence electrons. The molecule has 4 heteroatoms. The first-order valence-corrected chi connectivity index (χ1v) is 7.27. The first-order chi connectivity index (χ1) is 9.95. The predicted octanol–water partition coefficient (Wildman–Crippen LogP) is 2.80. The Balaban J connectivity index is 2.02. The average Bonchev–Trinajstić information content (AvgIpc) is 2.79. The van der Waals surface area contributed by atoms with Crippen molar-refractivity contribution in [1.82, 2.24) is 15.1 Å². The molecule has 0 saturated carbocycles. The largest absolute Gasteiger partial charge is 0.496 e. The second-order valence-electron chi connectivity index (χ2n) is 6.07. The number of hydrogen-bond donors (Lipinski definition) is 1. The van der Waals surface area contributed by atoms with Crippen LogP contribution in [0.15, 0.2) is 30.5 Å². The number of para-hydroxylation sites is 1. The van der Waals surface area contributed by atoms with Crippen LogP contribution in [0.25, 0.3) is 0 Å². The van der Waals surface area contributed by atoms with Gasteiger partial charge in [0.2, 0.25) is 0 Å². The van der Waals surface area contributed by atoms with Crippen molar-refractivity contribution in [3.63, 3.8) is 0 Å². The molecule has 1 aromatic heterocycles. The molecule has 0 fully saturated rings. The summed E-state index contributed by atoms with van der Waals surface area (Å²) in [6, 6.07) is 8.22. The number of benzene rings is 1. The number of nitrogens with zero attached hydrogens (tertiary/aromatic N) is 2. The molecule has 0 bridgehead atoms. The highest BCUT2D eigenvalue weighted by atomic mass is 16.5. The molecule has 0 aliphatic rings. The SMILES string of the molecule is COc1ccccc1C(C)(C)CNCc1cnn(C)c1C. The molecule has 0 radical (unpaired) electrons. The van der Waals surface area contributed by atoms with E-state index in [2.05, 4.69) is 43.3 Å². The lowest BCUT2D eigenvalue weighted by Gasteiger charge is -2.27. The molecule has 4 nitrogen and oxygen atoms in total. The van der Waals surface area contributed by atoms with E-state index in [0.29, 0.717) is 0 Å². The minimum atomic E-state index is 0.00270. The van der Waals surface area contributed by atoms with Gasteiger partial charge in [-0.3, -0.25) is 4.68 Å². The normalized spacial score (nSPS) is 11.7. The van der Waals surface area contributed by atoms with Gasteiger partial charge in [-0.25, -0.2) is 0 Å². The van der Waals surface area contributed by atoms with Gasteiger partial charge in [-0.1, -0.05) is 32.0 Å². The molecule has 1 aromatic carbocycles. The third kappa shape index (κ3) is 3.45. The van der Waals surface area contributed by atoms with Gasteiger partial charge in [0.15, 0.2) is 0 Å². The molecule has 1 heterocycles. The fourth-order valence-electron chi connectivity index (χ4n) is 2.53. The number of ether oxygens (including phenoxy) is 1. The summed E-state index contributed by atoms with van der Waals surface area (Å²) in [6.07, 6.45) is 1.93. The fourth-order valence-corrected chi connectivity index (χ4v) is 2.53. The highest BCUT2D eigenvalue weighted by Gasteiger charge is 2.23. The zero-order valence-corrected chi connectivity index (χ0v) is 13.6. The molecule has 21 heavy (non-hydrogen) atoms. The average molecular weight is 287 g/mol. The van der Waals surface area contributed by atoms with Crippen LogP contribution in [0.3, 0.4) is 0 Å². The van der Waals surface area contributed by atoms with E-state index in [1.807, 2.05) is 30.1 Å². The van der Waals surface area contributed by atoms with Crippen LogP contribution in [0.5, 0.6) is 5.75 Å². The molecule has 2 aromatic rings. The van der Waals surface area contributed by atoms with Crippen molar-refractivity contribution in [1.29, 1.82) is 0 Å². The smallest absolute Gasteiger partial charge is 0.122 e. The van der Waals surface area contributed by atoms with E-state index in [9.17, 15) is 0 Å². The number of nitrogens with one attached hydrogen (secondary N) is 1. The summed E-state index contributed by atoms with van der Waals surface area (Å²) in [5.41, 5.74) is 3.68. The van der Waals surface area contributed by atoms with Gasteiger partial charge in [-0.05, 0) is 13.0 Å². The quantitative estimate of drug-likeness (QED) is 0.888. The molecule has 0 saturated heterocycles. The van der Waals surface area contributed by atoms with E-state index < -0.39 is 0 Å². The number of aromatic nitrogens is 2. The van der Waals surface area contributed by atoms with Crippen LogP contribution < -0.4 is 10.1 Å². The highest BCUT2D eigenvalue weighted by molar-refractivity contribution is 5.39. The van der Waals surface area contributed by atoms with Crippen LogP contribution >= 0.6 is 0 Å². The summed E-state index contributed by atoms with van der Waals surface area (Å²) < 4.78 is 7.38. The van der Waals surface area contributed by atoms with E-state index in [4.69, 9.17) is 4.74 Å². The van der Waals surface area contributed by atoms with E-state index >= 15 is 0 Å². The lowest BCUT2D eigenvalue weighted by molar-refractivity contribution is 0.385. The summed E-state index contributed by atoms with van der Waals surface area (Å²) in [7, 11) is 3.69. The maximum Gasteiger partial charge on any atom is 0.122 e. The van der Waals surface area contributed by atoms with Gasteiger partial charge in [-0.2, -0.15) is 5.10 Å². The maximum atomic E-state index is 5.48. The summed E-state index contributed by atoms with van der Waals surface area (Å²) in [6.45, 7) is 8.26. The Morgan fingerprint density at radius 2 is 2.00 bits per heavy atom. The number of aryl methyl sites for hydroxylation is 1. The number of hydrogen-bond acceptors (Lipinski definition) is 3. The van der Waals surface area contributed by atoms with Gasteiger partial charge in [0, 0.05) is 42.4 Å². The lowest BCUT2D eigenvalue weighted by Crippen LogP contribution is -2.33. The number of rotatable bonds is 6. The van der Waals surface area contributed by atoms with Crippen LogP contribution in [0.4, 0.5) is 0 Å². The molecule has 0 unspecified atom stereocenters. The van der Waals surface area contributed by atoms with Gasteiger partial charge in [-0.15, -0.1) is 0 Å². The first-order valence-electron chi connectivity index (χ1n) is 7.27. The fraction of sp³-hybridized carbons (Fsp3) is 0.471. The second-order valence-corrected chi connectivity index (χ2v) is 6.07. The molecule has 2 rings (SSSR count). The molecule has 0 spiro atoms. The van der Waals surface area contributed by atoms with Crippen molar-refractivity contribution in [2.45, 2.75) is 32.7 Å². The Hall–Kier alpha value is -1.81. The summed E-state index contributed by atoms with van der Waals surface area (Å²) in [5.74, 6) is 0.946. The van der Waals surface area contributed by atoms with Gasteiger partial charge < -0.3 is 10.1 Å². The van der Waals surface area contributed by atoms with Crippen LogP contribution in [-0.4, -0.2) is 23.4 Å². The van der Waals surface area contributed by atoms with Gasteiger partial charge in [0.25, 0.3) is 0 Å². The molecule has 1 N–H and O–H groups in total. The second kappa shape index (κ2) is 6.31. The van der Waals surface area contributed by atoms with E-state index in [-0.39, 0.29) is 5.41 Å². The van der Waals surface area contributed by atoms with Crippen molar-refractivity contribution < 1.29 is 4.74 Å². The zero-order valence-electron chi connectivity index (χ0n) is 13.6. The van der Waals surface area contributed by atoms with E-state index in [1.54, 1.807) is 7.11 Å². The third-order valence-corrected chi connectivity index (χ3v) is 4.06. The zero-order chi connectivity index (χ0) is 15.5. The van der Waals surface area contributed by atoms with Crippen molar-refractivity contribution in [3.8, 4) is 5.75 Å². The van der Waals surface area contributed by atoms with Crippen molar-refractivity contribution in [2.75, 3.05) is 13.7 Å². The topological polar surface area (TPSA) is 39.1 Å². The van der Waals surface area contributed by atoms with Gasteiger partial charge in [0.1, 0.15) is 5.75 Å². The minimum absolute atomic E-state index is 0.00270. The predicted molar refractivity (Wildman–Crippen MR) is 85.7 cm³/mol. The summed E-state index contributed by atoms with van der Waals surface area (Å²) in [4.78, 5) is 0. The van der Waals surface area contributed by atoms with Gasteiger partial charge >= 0.3 is 0 Å². The Bertz CT molecular complexity index is 602. The summed E-state index contributed by atoms with van der Waals surface area (Å²) >= 11 is 0. The Morgan fingerprint density at radius 3 is 2.62 bits per heavy atom. The maximum absolute atomic E-state index is 5.48. The van der Waals surface area contributed by atoms with Crippen molar-refractivity contribution in [2.24, 2.45) is 7.05 Å². The molecule has 0 aliphatic carbocycles. The standard InChI is InChI=1S/C17H25N3O/c1-13-14(11-19-20(13)4)10-18-12-17(2,3)15-8-6-7-9-16(15)21-5/h6-9,11,18H,10,12H2,1-5H3. The molecule has 0 atom stereocenters. The van der Waals surface area contributed by atoms with Crippen LogP contribution in [0.1, 0.15) is 30.7 Å². The molecular formula is C17H25N3O. The number of methoxy groups -OCH3 is 1. The summed E-state index contributed by atoms with van der Waals surface area (Å²) in [5, 5.41) is 7.81. The Labute approximate surface area is 127 Å². The van der Waals surface area contributed by atoms with Gasteiger partial charge in [0.05, 0.1) is 13.3 Å². The third-order valence-electron chi connectivity index (χ3n) is 4.06. The minimum Gasteiger partial charge on any atom is -0.496 e. The van der Waals surface area contributed by atoms with Crippen LogP contribution in [0, 0.1) is 6.92 Å². The highest BCUT2D eigenvalue weighted by Crippen LogP contribution is 2.30. The molecular weight excluding hydrogens is 262 g/mol. The molecule has 0 amide bonds. The van der Waals surface area contributed by atoms with Crippen LogP contribution in [-0.2, 0) is 19.0 Å². The van der Waals surface area contributed by atoms with E-state index in [1.165, 1.54) is 16.8 Å². The monoisotopic (exact) mass is 287 g/mol. The van der Waals surface area contributed by atoms with Crippen molar-refractivity contribution >= 4 is 0 Å². The lowest BCUT2D eigenvalue weighted by atomic mass is 9.84.